The molecule has 98 valence electrons. The number of aryl methyl sites for hydroxylation is 1. The van der Waals surface area contributed by atoms with Gasteiger partial charge in [0.05, 0.1) is 18.7 Å². The normalized spacial score (nSPS) is 24.4. The van der Waals surface area contributed by atoms with Crippen LogP contribution in [0.3, 0.4) is 0 Å². The SMILES string of the molecule is O=C(NCC1(CO)CC1)C1CCCc2[nH]ncc21. The van der Waals surface area contributed by atoms with Crippen LogP contribution < -0.4 is 5.32 Å². The lowest BCUT2D eigenvalue weighted by Crippen LogP contribution is -2.36. The Morgan fingerprint density at radius 1 is 1.61 bits per heavy atom. The number of hydrogen-bond donors (Lipinski definition) is 3. The van der Waals surface area contributed by atoms with Crippen molar-refractivity contribution in [2.75, 3.05) is 13.2 Å². The molecule has 0 radical (unpaired) electrons. The summed E-state index contributed by atoms with van der Waals surface area (Å²) in [6.07, 6.45) is 6.72. The zero-order valence-corrected chi connectivity index (χ0v) is 10.4. The quantitative estimate of drug-likeness (QED) is 0.735. The molecule has 0 aromatic carbocycles. The number of amides is 1. The lowest BCUT2D eigenvalue weighted by atomic mass is 9.86. The molecule has 1 aromatic heterocycles. The highest BCUT2D eigenvalue weighted by molar-refractivity contribution is 5.84. The second kappa shape index (κ2) is 4.39. The third kappa shape index (κ3) is 2.03. The molecule has 1 atom stereocenters. The van der Waals surface area contributed by atoms with Gasteiger partial charge in [-0.3, -0.25) is 9.89 Å². The zero-order valence-electron chi connectivity index (χ0n) is 10.4. The number of aromatic amines is 1. The summed E-state index contributed by atoms with van der Waals surface area (Å²) in [5.74, 6) is 0.0130. The van der Waals surface area contributed by atoms with Crippen LogP contribution >= 0.6 is 0 Å². The largest absolute Gasteiger partial charge is 0.396 e. The summed E-state index contributed by atoms with van der Waals surface area (Å²) in [5.41, 5.74) is 2.13. The minimum atomic E-state index is -0.0676. The van der Waals surface area contributed by atoms with Crippen molar-refractivity contribution in [3.63, 3.8) is 0 Å². The Hall–Kier alpha value is -1.36. The smallest absolute Gasteiger partial charge is 0.227 e. The van der Waals surface area contributed by atoms with Crippen LogP contribution in [-0.2, 0) is 11.2 Å². The number of aliphatic hydroxyl groups excluding tert-OH is 1. The van der Waals surface area contributed by atoms with Gasteiger partial charge >= 0.3 is 0 Å². The molecule has 3 N–H and O–H groups in total. The Balaban J connectivity index is 1.64. The number of aliphatic hydroxyl groups is 1. The predicted molar refractivity (Wildman–Crippen MR) is 66.0 cm³/mol. The third-order valence-electron chi connectivity index (χ3n) is 4.29. The number of carbonyl (C=O) groups is 1. The Morgan fingerprint density at radius 3 is 3.17 bits per heavy atom. The lowest BCUT2D eigenvalue weighted by molar-refractivity contribution is -0.123. The van der Waals surface area contributed by atoms with E-state index in [2.05, 4.69) is 15.5 Å². The average molecular weight is 249 g/mol. The molecule has 1 saturated carbocycles. The molecule has 2 aliphatic rings. The molecule has 1 heterocycles. The van der Waals surface area contributed by atoms with Gasteiger partial charge in [-0.25, -0.2) is 0 Å². The van der Waals surface area contributed by atoms with Gasteiger partial charge in [-0.2, -0.15) is 5.10 Å². The second-order valence-corrected chi connectivity index (χ2v) is 5.62. The summed E-state index contributed by atoms with van der Waals surface area (Å²) < 4.78 is 0. The van der Waals surface area contributed by atoms with Crippen molar-refractivity contribution in [2.24, 2.45) is 5.41 Å². The van der Waals surface area contributed by atoms with E-state index in [1.54, 1.807) is 6.20 Å². The molecule has 2 aliphatic carbocycles. The van der Waals surface area contributed by atoms with Crippen molar-refractivity contribution in [3.8, 4) is 0 Å². The number of hydrogen-bond acceptors (Lipinski definition) is 3. The summed E-state index contributed by atoms with van der Waals surface area (Å²) in [6.45, 7) is 0.779. The molecular formula is C13H19N3O2. The number of aromatic nitrogens is 2. The van der Waals surface area contributed by atoms with Gasteiger partial charge in [-0.15, -0.1) is 0 Å². The first-order valence-electron chi connectivity index (χ1n) is 6.65. The first kappa shape index (κ1) is 11.7. The molecule has 18 heavy (non-hydrogen) atoms. The summed E-state index contributed by atoms with van der Waals surface area (Å²) >= 11 is 0. The fourth-order valence-electron chi connectivity index (χ4n) is 2.70. The number of H-pyrrole nitrogens is 1. The van der Waals surface area contributed by atoms with Gasteiger partial charge in [0.1, 0.15) is 0 Å². The minimum Gasteiger partial charge on any atom is -0.396 e. The zero-order chi connectivity index (χ0) is 12.6. The van der Waals surface area contributed by atoms with Crippen molar-refractivity contribution < 1.29 is 9.90 Å². The Morgan fingerprint density at radius 2 is 2.44 bits per heavy atom. The monoisotopic (exact) mass is 249 g/mol. The second-order valence-electron chi connectivity index (χ2n) is 5.62. The first-order valence-corrected chi connectivity index (χ1v) is 6.65. The molecule has 1 unspecified atom stereocenters. The first-order chi connectivity index (χ1) is 8.74. The van der Waals surface area contributed by atoms with Gasteiger partial charge in [0, 0.05) is 23.2 Å². The number of nitrogens with zero attached hydrogens (tertiary/aromatic N) is 1. The highest BCUT2D eigenvalue weighted by Gasteiger charge is 2.42. The van der Waals surface area contributed by atoms with Crippen LogP contribution in [0.5, 0.6) is 0 Å². The molecular weight excluding hydrogens is 230 g/mol. The maximum atomic E-state index is 12.2. The van der Waals surface area contributed by atoms with Gasteiger partial charge in [0.15, 0.2) is 0 Å². The molecule has 3 rings (SSSR count). The highest BCUT2D eigenvalue weighted by Crippen LogP contribution is 2.44. The van der Waals surface area contributed by atoms with Crippen molar-refractivity contribution in [3.05, 3.63) is 17.5 Å². The molecule has 5 heteroatoms. The Kier molecular flexibility index (Phi) is 2.86. The molecule has 1 amide bonds. The number of carbonyl (C=O) groups excluding carboxylic acids is 1. The minimum absolute atomic E-state index is 0.0243. The van der Waals surface area contributed by atoms with Crippen LogP contribution in [0, 0.1) is 5.41 Å². The highest BCUT2D eigenvalue weighted by atomic mass is 16.3. The van der Waals surface area contributed by atoms with Crippen molar-refractivity contribution >= 4 is 5.91 Å². The number of rotatable bonds is 4. The van der Waals surface area contributed by atoms with E-state index in [9.17, 15) is 9.90 Å². The van der Waals surface area contributed by atoms with Gasteiger partial charge in [0.2, 0.25) is 5.91 Å². The van der Waals surface area contributed by atoms with Crippen LogP contribution in [0.1, 0.15) is 42.9 Å². The maximum absolute atomic E-state index is 12.2. The van der Waals surface area contributed by atoms with Gasteiger partial charge < -0.3 is 10.4 Å². The molecule has 1 fully saturated rings. The van der Waals surface area contributed by atoms with Gasteiger partial charge in [0.25, 0.3) is 0 Å². The van der Waals surface area contributed by atoms with E-state index in [-0.39, 0.29) is 23.8 Å². The van der Waals surface area contributed by atoms with Gasteiger partial charge in [-0.05, 0) is 32.1 Å². The topological polar surface area (TPSA) is 78.0 Å². The molecule has 0 bridgehead atoms. The summed E-state index contributed by atoms with van der Waals surface area (Å²) in [7, 11) is 0. The van der Waals surface area contributed by atoms with E-state index in [0.717, 1.165) is 43.4 Å². The van der Waals surface area contributed by atoms with Crippen molar-refractivity contribution in [2.45, 2.75) is 38.0 Å². The van der Waals surface area contributed by atoms with Crippen LogP contribution in [0.25, 0.3) is 0 Å². The lowest BCUT2D eigenvalue weighted by Gasteiger charge is -2.22. The fraction of sp³-hybridized carbons (Fsp3) is 0.692. The number of fused-ring (bicyclic) bond motifs is 1. The third-order valence-corrected chi connectivity index (χ3v) is 4.29. The van der Waals surface area contributed by atoms with Crippen molar-refractivity contribution in [1.82, 2.24) is 15.5 Å². The van der Waals surface area contributed by atoms with E-state index in [1.807, 2.05) is 0 Å². The molecule has 1 aromatic rings. The summed E-state index contributed by atoms with van der Waals surface area (Å²) in [6, 6.07) is 0. The Labute approximate surface area is 106 Å². The Bertz CT molecular complexity index is 451. The predicted octanol–water partition coefficient (Wildman–Crippen LogP) is 0.718. The molecule has 0 aliphatic heterocycles. The van der Waals surface area contributed by atoms with Crippen LogP contribution in [-0.4, -0.2) is 34.4 Å². The summed E-state index contributed by atoms with van der Waals surface area (Å²) in [5, 5.41) is 19.2. The van der Waals surface area contributed by atoms with E-state index in [1.165, 1.54) is 0 Å². The summed E-state index contributed by atoms with van der Waals surface area (Å²) in [4.78, 5) is 12.2. The van der Waals surface area contributed by atoms with E-state index in [0.29, 0.717) is 6.54 Å². The molecule has 0 saturated heterocycles. The van der Waals surface area contributed by atoms with E-state index >= 15 is 0 Å². The van der Waals surface area contributed by atoms with Crippen LogP contribution in [0.2, 0.25) is 0 Å². The van der Waals surface area contributed by atoms with E-state index in [4.69, 9.17) is 0 Å². The fourth-order valence-corrected chi connectivity index (χ4v) is 2.70. The van der Waals surface area contributed by atoms with E-state index < -0.39 is 0 Å². The number of nitrogens with one attached hydrogen (secondary N) is 2. The average Bonchev–Trinajstić information content (AvgIpc) is 3.03. The molecule has 0 spiro atoms. The maximum Gasteiger partial charge on any atom is 0.227 e. The van der Waals surface area contributed by atoms with Gasteiger partial charge in [-0.1, -0.05) is 0 Å². The van der Waals surface area contributed by atoms with Crippen LogP contribution in [0.15, 0.2) is 6.20 Å². The van der Waals surface area contributed by atoms with Crippen LogP contribution in [0.4, 0.5) is 0 Å². The standard InChI is InChI=1S/C13H19N3O2/c17-8-13(4-5-13)7-14-12(18)9-2-1-3-11-10(9)6-15-16-11/h6,9,17H,1-5,7-8H2,(H,14,18)(H,15,16). The van der Waals surface area contributed by atoms with Crippen molar-refractivity contribution in [1.29, 1.82) is 0 Å². The molecule has 5 nitrogen and oxygen atoms in total.